The van der Waals surface area contributed by atoms with E-state index in [1.807, 2.05) is 24.3 Å². The Bertz CT molecular complexity index is 654. The highest BCUT2D eigenvalue weighted by Crippen LogP contribution is 2.39. The van der Waals surface area contributed by atoms with Crippen molar-refractivity contribution >= 4 is 11.8 Å². The molecule has 142 valence electrons. The van der Waals surface area contributed by atoms with Crippen LogP contribution in [0.5, 0.6) is 0 Å². The molecule has 5 nitrogen and oxygen atoms in total. The summed E-state index contributed by atoms with van der Waals surface area (Å²) in [6.07, 6.45) is 4.19. The second-order valence-electron chi connectivity index (χ2n) is 8.01. The Labute approximate surface area is 156 Å². The first-order chi connectivity index (χ1) is 12.5. The maximum absolute atomic E-state index is 13.2. The largest absolute Gasteiger partial charge is 0.395 e. The Morgan fingerprint density at radius 1 is 1.15 bits per heavy atom. The molecule has 0 saturated carbocycles. The number of piperidine rings is 1. The number of rotatable bonds is 5. The SMILES string of the molecule is CC(C)Cc1ccc(C(=O)N2CCCC23CCCN(CCO)C3=O)cc1. The van der Waals surface area contributed by atoms with Crippen LogP contribution >= 0.6 is 0 Å². The molecule has 0 aliphatic carbocycles. The summed E-state index contributed by atoms with van der Waals surface area (Å²) < 4.78 is 0. The maximum Gasteiger partial charge on any atom is 0.254 e. The molecule has 0 radical (unpaired) electrons. The first-order valence-corrected chi connectivity index (χ1v) is 9.79. The van der Waals surface area contributed by atoms with Gasteiger partial charge in [0, 0.05) is 25.2 Å². The zero-order valence-corrected chi connectivity index (χ0v) is 15.9. The summed E-state index contributed by atoms with van der Waals surface area (Å²) in [5, 5.41) is 9.23. The third kappa shape index (κ3) is 3.50. The number of aliphatic hydroxyl groups is 1. The number of nitrogens with zero attached hydrogens (tertiary/aromatic N) is 2. The molecule has 2 amide bonds. The predicted molar refractivity (Wildman–Crippen MR) is 101 cm³/mol. The van der Waals surface area contributed by atoms with E-state index in [9.17, 15) is 14.7 Å². The number of likely N-dealkylation sites (tertiary alicyclic amines) is 2. The summed E-state index contributed by atoms with van der Waals surface area (Å²) in [6, 6.07) is 7.84. The lowest BCUT2D eigenvalue weighted by molar-refractivity contribution is -0.146. The number of hydrogen-bond acceptors (Lipinski definition) is 3. The Morgan fingerprint density at radius 2 is 1.81 bits per heavy atom. The van der Waals surface area contributed by atoms with Gasteiger partial charge in [-0.3, -0.25) is 9.59 Å². The molecule has 1 N–H and O–H groups in total. The molecule has 0 aromatic heterocycles. The summed E-state index contributed by atoms with van der Waals surface area (Å²) in [5.41, 5.74) is 1.18. The van der Waals surface area contributed by atoms with E-state index in [4.69, 9.17) is 0 Å². The van der Waals surface area contributed by atoms with E-state index in [2.05, 4.69) is 13.8 Å². The number of hydrogen-bond donors (Lipinski definition) is 1. The molecule has 1 atom stereocenters. The van der Waals surface area contributed by atoms with Crippen LogP contribution in [0.25, 0.3) is 0 Å². The van der Waals surface area contributed by atoms with Crippen LogP contribution in [0.1, 0.15) is 55.5 Å². The summed E-state index contributed by atoms with van der Waals surface area (Å²) in [6.45, 7) is 5.98. The molecule has 2 aliphatic rings. The zero-order valence-electron chi connectivity index (χ0n) is 15.9. The van der Waals surface area contributed by atoms with Crippen molar-refractivity contribution in [3.63, 3.8) is 0 Å². The van der Waals surface area contributed by atoms with Gasteiger partial charge >= 0.3 is 0 Å². The number of benzene rings is 1. The molecule has 1 aromatic rings. The molecular formula is C21H30N2O3. The lowest BCUT2D eigenvalue weighted by atomic mass is 9.85. The van der Waals surface area contributed by atoms with Crippen molar-refractivity contribution in [2.24, 2.45) is 5.92 Å². The molecule has 2 saturated heterocycles. The second-order valence-corrected chi connectivity index (χ2v) is 8.01. The summed E-state index contributed by atoms with van der Waals surface area (Å²) >= 11 is 0. The lowest BCUT2D eigenvalue weighted by Gasteiger charge is -2.44. The molecule has 1 unspecified atom stereocenters. The average Bonchev–Trinajstić information content (AvgIpc) is 3.03. The number of β-amino-alcohol motifs (C(OH)–C–C–N with tert-alkyl or cyclic N) is 1. The highest BCUT2D eigenvalue weighted by molar-refractivity contribution is 6.00. The molecule has 1 aromatic carbocycles. The molecule has 2 fully saturated rings. The molecule has 0 bridgehead atoms. The molecule has 2 aliphatic heterocycles. The predicted octanol–water partition coefficient (Wildman–Crippen LogP) is 2.47. The van der Waals surface area contributed by atoms with Crippen LogP contribution in [0.15, 0.2) is 24.3 Å². The summed E-state index contributed by atoms with van der Waals surface area (Å²) in [7, 11) is 0. The van der Waals surface area contributed by atoms with Gasteiger partial charge in [0.15, 0.2) is 0 Å². The van der Waals surface area contributed by atoms with Gasteiger partial charge in [0.1, 0.15) is 5.54 Å². The quantitative estimate of drug-likeness (QED) is 0.880. The Kier molecular flexibility index (Phi) is 5.66. The Balaban J connectivity index is 1.81. The van der Waals surface area contributed by atoms with Crippen molar-refractivity contribution < 1.29 is 14.7 Å². The van der Waals surface area contributed by atoms with Crippen LogP contribution in [-0.2, 0) is 11.2 Å². The fourth-order valence-electron chi connectivity index (χ4n) is 4.47. The molecule has 3 rings (SSSR count). The third-order valence-corrected chi connectivity index (χ3v) is 5.65. The maximum atomic E-state index is 13.2. The van der Waals surface area contributed by atoms with Crippen molar-refractivity contribution in [3.8, 4) is 0 Å². The van der Waals surface area contributed by atoms with E-state index in [1.165, 1.54) is 5.56 Å². The van der Waals surface area contributed by atoms with Crippen LogP contribution in [0, 0.1) is 5.92 Å². The van der Waals surface area contributed by atoms with E-state index < -0.39 is 5.54 Å². The molecular weight excluding hydrogens is 328 g/mol. The minimum atomic E-state index is -0.707. The van der Waals surface area contributed by atoms with E-state index >= 15 is 0 Å². The van der Waals surface area contributed by atoms with Crippen molar-refractivity contribution in [1.29, 1.82) is 0 Å². The number of carbonyl (C=O) groups is 2. The summed E-state index contributed by atoms with van der Waals surface area (Å²) in [5.74, 6) is 0.550. The van der Waals surface area contributed by atoms with Crippen LogP contribution in [0.3, 0.4) is 0 Å². The van der Waals surface area contributed by atoms with Gasteiger partial charge in [-0.15, -0.1) is 0 Å². The monoisotopic (exact) mass is 358 g/mol. The molecule has 5 heteroatoms. The van der Waals surface area contributed by atoms with Gasteiger partial charge in [-0.05, 0) is 55.7 Å². The highest BCUT2D eigenvalue weighted by Gasteiger charge is 2.52. The van der Waals surface area contributed by atoms with Gasteiger partial charge in [-0.25, -0.2) is 0 Å². The number of carbonyl (C=O) groups excluding carboxylic acids is 2. The first kappa shape index (κ1) is 18.9. The topological polar surface area (TPSA) is 60.9 Å². The fourth-order valence-corrected chi connectivity index (χ4v) is 4.47. The van der Waals surface area contributed by atoms with Gasteiger partial charge in [-0.1, -0.05) is 26.0 Å². The van der Waals surface area contributed by atoms with Gasteiger partial charge in [0.25, 0.3) is 5.91 Å². The molecule has 26 heavy (non-hydrogen) atoms. The Hall–Kier alpha value is -1.88. The van der Waals surface area contributed by atoms with Crippen LogP contribution in [-0.4, -0.2) is 58.5 Å². The van der Waals surface area contributed by atoms with E-state index in [1.54, 1.807) is 9.80 Å². The van der Waals surface area contributed by atoms with Crippen molar-refractivity contribution in [1.82, 2.24) is 9.80 Å². The fraction of sp³-hybridized carbons (Fsp3) is 0.619. The van der Waals surface area contributed by atoms with Crippen molar-refractivity contribution in [2.45, 2.75) is 51.5 Å². The van der Waals surface area contributed by atoms with Gasteiger partial charge in [0.2, 0.25) is 5.91 Å². The van der Waals surface area contributed by atoms with Crippen LogP contribution in [0.4, 0.5) is 0 Å². The van der Waals surface area contributed by atoms with E-state index in [-0.39, 0.29) is 18.4 Å². The van der Waals surface area contributed by atoms with Crippen LogP contribution in [0.2, 0.25) is 0 Å². The van der Waals surface area contributed by atoms with Gasteiger partial charge < -0.3 is 14.9 Å². The smallest absolute Gasteiger partial charge is 0.254 e. The van der Waals surface area contributed by atoms with Crippen LogP contribution < -0.4 is 0 Å². The van der Waals surface area contributed by atoms with Gasteiger partial charge in [-0.2, -0.15) is 0 Å². The third-order valence-electron chi connectivity index (χ3n) is 5.65. The molecule has 1 spiro atoms. The normalized spacial score (nSPS) is 23.3. The van der Waals surface area contributed by atoms with Crippen molar-refractivity contribution in [2.75, 3.05) is 26.2 Å². The first-order valence-electron chi connectivity index (χ1n) is 9.79. The lowest BCUT2D eigenvalue weighted by Crippen LogP contribution is -2.61. The highest BCUT2D eigenvalue weighted by atomic mass is 16.3. The minimum Gasteiger partial charge on any atom is -0.395 e. The van der Waals surface area contributed by atoms with E-state index in [0.29, 0.717) is 31.1 Å². The van der Waals surface area contributed by atoms with Crippen molar-refractivity contribution in [3.05, 3.63) is 35.4 Å². The van der Waals surface area contributed by atoms with Gasteiger partial charge in [0.05, 0.1) is 6.61 Å². The van der Waals surface area contributed by atoms with E-state index in [0.717, 1.165) is 32.1 Å². The second kappa shape index (κ2) is 7.78. The standard InChI is InChI=1S/C21H30N2O3/c1-16(2)15-17-5-7-18(8-6-17)19(25)23-12-4-10-21(23)9-3-11-22(13-14-24)20(21)26/h5-8,16,24H,3-4,9-15H2,1-2H3. The zero-order chi connectivity index (χ0) is 18.7. The summed E-state index contributed by atoms with van der Waals surface area (Å²) in [4.78, 5) is 29.8. The molecule has 2 heterocycles. The Morgan fingerprint density at radius 3 is 2.42 bits per heavy atom. The number of aliphatic hydroxyl groups excluding tert-OH is 1. The average molecular weight is 358 g/mol. The minimum absolute atomic E-state index is 0.0140. The number of amides is 2.